The van der Waals surface area contributed by atoms with Crippen LogP contribution in [0.2, 0.25) is 0 Å². The molecule has 176 valence electrons. The van der Waals surface area contributed by atoms with Gasteiger partial charge in [0.15, 0.2) is 0 Å². The van der Waals surface area contributed by atoms with Crippen LogP contribution in [0.5, 0.6) is 11.5 Å². The van der Waals surface area contributed by atoms with Gasteiger partial charge in [-0.15, -0.1) is 0 Å². The van der Waals surface area contributed by atoms with E-state index in [2.05, 4.69) is 38.1 Å². The molecule has 1 heterocycles. The van der Waals surface area contributed by atoms with Crippen LogP contribution in [0.4, 0.5) is 11.4 Å². The normalized spacial score (nSPS) is 20.7. The second kappa shape index (κ2) is 9.00. The second-order valence-electron chi connectivity index (χ2n) is 8.45. The SMILES string of the molecule is COc1ccc([C@H]2Nc3ccc(S(=O)(=O)Nc4cccc(Br)c4)cc3[C@H]3C=CC[C@H]32)c(OC)c1. The maximum absolute atomic E-state index is 13.1. The van der Waals surface area contributed by atoms with Crippen molar-refractivity contribution in [3.63, 3.8) is 0 Å². The van der Waals surface area contributed by atoms with Crippen LogP contribution in [0, 0.1) is 5.92 Å². The topological polar surface area (TPSA) is 76.7 Å². The van der Waals surface area contributed by atoms with Crippen LogP contribution >= 0.6 is 15.9 Å². The molecule has 0 saturated heterocycles. The Bertz CT molecular complexity index is 1370. The van der Waals surface area contributed by atoms with Crippen molar-refractivity contribution >= 4 is 37.3 Å². The summed E-state index contributed by atoms with van der Waals surface area (Å²) >= 11 is 3.38. The minimum Gasteiger partial charge on any atom is -0.497 e. The Labute approximate surface area is 208 Å². The molecule has 0 saturated carbocycles. The molecule has 3 aromatic carbocycles. The lowest BCUT2D eigenvalue weighted by molar-refractivity contribution is 0.372. The van der Waals surface area contributed by atoms with Gasteiger partial charge >= 0.3 is 0 Å². The van der Waals surface area contributed by atoms with Crippen LogP contribution < -0.4 is 19.5 Å². The van der Waals surface area contributed by atoms with Crippen molar-refractivity contribution in [1.82, 2.24) is 0 Å². The maximum Gasteiger partial charge on any atom is 0.261 e. The lowest BCUT2D eigenvalue weighted by Crippen LogP contribution is -2.29. The predicted octanol–water partition coefficient (Wildman–Crippen LogP) is 6.09. The fourth-order valence-electron chi connectivity index (χ4n) is 4.89. The zero-order valence-electron chi connectivity index (χ0n) is 18.8. The number of sulfonamides is 1. The number of allylic oxidation sites excluding steroid dienone is 2. The number of fused-ring (bicyclic) bond motifs is 3. The number of nitrogens with one attached hydrogen (secondary N) is 2. The Morgan fingerprint density at radius 2 is 1.85 bits per heavy atom. The number of hydrogen-bond donors (Lipinski definition) is 2. The van der Waals surface area contributed by atoms with Crippen molar-refractivity contribution < 1.29 is 17.9 Å². The van der Waals surface area contributed by atoms with Gasteiger partial charge < -0.3 is 14.8 Å². The first-order valence-corrected chi connectivity index (χ1v) is 13.2. The number of hydrogen-bond acceptors (Lipinski definition) is 5. The molecule has 34 heavy (non-hydrogen) atoms. The Morgan fingerprint density at radius 3 is 2.62 bits per heavy atom. The van der Waals surface area contributed by atoms with Gasteiger partial charge in [-0.25, -0.2) is 8.42 Å². The molecule has 1 aliphatic heterocycles. The molecule has 1 aliphatic carbocycles. The summed E-state index contributed by atoms with van der Waals surface area (Å²) in [5, 5.41) is 3.65. The molecule has 2 aliphatic rings. The highest BCUT2D eigenvalue weighted by Gasteiger charge is 2.39. The maximum atomic E-state index is 13.1. The standard InChI is InChI=1S/C26H25BrN2O4S/c1-32-18-9-11-22(25(14-18)33-2)26-21-8-4-7-20(21)23-15-19(10-12-24(23)28-26)34(30,31)29-17-6-3-5-16(27)13-17/h3-7,9-15,20-21,26,28-29H,8H2,1-2H3/t20-,21+,26-/m0/s1. The molecule has 0 spiro atoms. The summed E-state index contributed by atoms with van der Waals surface area (Å²) < 4.78 is 40.8. The second-order valence-corrected chi connectivity index (χ2v) is 11.0. The predicted molar refractivity (Wildman–Crippen MR) is 137 cm³/mol. The Balaban J connectivity index is 1.50. The quantitative estimate of drug-likeness (QED) is 0.369. The summed E-state index contributed by atoms with van der Waals surface area (Å²) in [7, 11) is -0.435. The molecular formula is C26H25BrN2O4S. The average molecular weight is 541 g/mol. The molecule has 3 aromatic rings. The molecular weight excluding hydrogens is 516 g/mol. The van der Waals surface area contributed by atoms with E-state index in [1.807, 2.05) is 30.3 Å². The van der Waals surface area contributed by atoms with Gasteiger partial charge in [0.05, 0.1) is 25.2 Å². The highest BCUT2D eigenvalue weighted by Crippen LogP contribution is 2.51. The smallest absolute Gasteiger partial charge is 0.261 e. The summed E-state index contributed by atoms with van der Waals surface area (Å²) in [6.07, 6.45) is 5.26. The molecule has 2 N–H and O–H groups in total. The van der Waals surface area contributed by atoms with Gasteiger partial charge in [-0.05, 0) is 66.4 Å². The van der Waals surface area contributed by atoms with E-state index in [0.29, 0.717) is 5.69 Å². The summed E-state index contributed by atoms with van der Waals surface area (Å²) in [5.74, 6) is 1.86. The lowest BCUT2D eigenvalue weighted by atomic mass is 9.77. The number of methoxy groups -OCH3 is 2. The van der Waals surface area contributed by atoms with Crippen molar-refractivity contribution in [3.8, 4) is 11.5 Å². The number of ether oxygens (including phenoxy) is 2. The van der Waals surface area contributed by atoms with Crippen LogP contribution in [0.15, 0.2) is 82.2 Å². The van der Waals surface area contributed by atoms with Crippen molar-refractivity contribution in [2.75, 3.05) is 24.3 Å². The molecule has 8 heteroatoms. The van der Waals surface area contributed by atoms with Crippen LogP contribution in [0.25, 0.3) is 0 Å². The van der Waals surface area contributed by atoms with E-state index in [-0.39, 0.29) is 22.8 Å². The van der Waals surface area contributed by atoms with Gasteiger partial charge in [-0.2, -0.15) is 0 Å². The first kappa shape index (κ1) is 22.8. The highest BCUT2D eigenvalue weighted by atomic mass is 79.9. The zero-order valence-corrected chi connectivity index (χ0v) is 21.2. The van der Waals surface area contributed by atoms with E-state index in [1.165, 1.54) is 0 Å². The van der Waals surface area contributed by atoms with E-state index >= 15 is 0 Å². The molecule has 0 radical (unpaired) electrons. The van der Waals surface area contributed by atoms with Crippen LogP contribution in [-0.4, -0.2) is 22.6 Å². The minimum absolute atomic E-state index is 0.0237. The molecule has 3 atom stereocenters. The van der Waals surface area contributed by atoms with E-state index in [0.717, 1.165) is 39.2 Å². The number of benzene rings is 3. The van der Waals surface area contributed by atoms with Gasteiger partial charge in [-0.1, -0.05) is 34.1 Å². The van der Waals surface area contributed by atoms with Crippen LogP contribution in [0.3, 0.4) is 0 Å². The average Bonchev–Trinajstić information content (AvgIpc) is 3.33. The third kappa shape index (κ3) is 4.16. The van der Waals surface area contributed by atoms with E-state index in [9.17, 15) is 8.42 Å². The Kier molecular flexibility index (Phi) is 6.04. The van der Waals surface area contributed by atoms with Gasteiger partial charge in [0.25, 0.3) is 10.0 Å². The van der Waals surface area contributed by atoms with Crippen molar-refractivity contribution in [2.24, 2.45) is 5.92 Å². The van der Waals surface area contributed by atoms with Crippen LogP contribution in [-0.2, 0) is 10.0 Å². The van der Waals surface area contributed by atoms with E-state index < -0.39 is 10.0 Å². The van der Waals surface area contributed by atoms with Crippen molar-refractivity contribution in [1.29, 1.82) is 0 Å². The fourth-order valence-corrected chi connectivity index (χ4v) is 6.37. The third-order valence-electron chi connectivity index (χ3n) is 6.50. The largest absolute Gasteiger partial charge is 0.497 e. The molecule has 0 amide bonds. The summed E-state index contributed by atoms with van der Waals surface area (Å²) in [4.78, 5) is 0.243. The molecule has 0 aromatic heterocycles. The minimum atomic E-state index is -3.73. The van der Waals surface area contributed by atoms with E-state index in [1.54, 1.807) is 44.6 Å². The summed E-state index contributed by atoms with van der Waals surface area (Å²) in [6, 6.07) is 18.3. The summed E-state index contributed by atoms with van der Waals surface area (Å²) in [5.41, 5.74) is 3.48. The molecule has 6 nitrogen and oxygen atoms in total. The van der Waals surface area contributed by atoms with Gasteiger partial charge in [-0.3, -0.25) is 4.72 Å². The van der Waals surface area contributed by atoms with Crippen molar-refractivity contribution in [2.45, 2.75) is 23.3 Å². The van der Waals surface area contributed by atoms with Gasteiger partial charge in [0, 0.05) is 33.4 Å². The molecule has 5 rings (SSSR count). The number of anilines is 2. The van der Waals surface area contributed by atoms with Gasteiger partial charge in [0.2, 0.25) is 0 Å². The Morgan fingerprint density at radius 1 is 1.00 bits per heavy atom. The molecule has 0 bridgehead atoms. The Hall–Kier alpha value is -2.97. The number of halogens is 1. The molecule has 0 fully saturated rings. The number of rotatable bonds is 6. The molecule has 0 unspecified atom stereocenters. The lowest BCUT2D eigenvalue weighted by Gasteiger charge is -2.38. The monoisotopic (exact) mass is 540 g/mol. The zero-order chi connectivity index (χ0) is 23.9. The van der Waals surface area contributed by atoms with Gasteiger partial charge in [0.1, 0.15) is 11.5 Å². The highest BCUT2D eigenvalue weighted by molar-refractivity contribution is 9.10. The van der Waals surface area contributed by atoms with Crippen molar-refractivity contribution in [3.05, 3.63) is 88.4 Å². The first-order valence-electron chi connectivity index (χ1n) is 11.0. The van der Waals surface area contributed by atoms with Crippen LogP contribution in [0.1, 0.15) is 29.5 Å². The fraction of sp³-hybridized carbons (Fsp3) is 0.231. The first-order chi connectivity index (χ1) is 16.4. The van der Waals surface area contributed by atoms with E-state index in [4.69, 9.17) is 9.47 Å². The third-order valence-corrected chi connectivity index (χ3v) is 8.37. The summed E-state index contributed by atoms with van der Waals surface area (Å²) in [6.45, 7) is 0.